The molecule has 84 valence electrons. The van der Waals surface area contributed by atoms with E-state index >= 15 is 0 Å². The van der Waals surface area contributed by atoms with Crippen LogP contribution < -0.4 is 5.32 Å². The second kappa shape index (κ2) is 4.85. The molecule has 0 saturated carbocycles. The highest BCUT2D eigenvalue weighted by Crippen LogP contribution is 2.03. The Morgan fingerprint density at radius 1 is 1.38 bits per heavy atom. The monoisotopic (exact) mass is 220 g/mol. The molecule has 0 bridgehead atoms. The summed E-state index contributed by atoms with van der Waals surface area (Å²) >= 11 is 0. The Balaban J connectivity index is 1.87. The summed E-state index contributed by atoms with van der Waals surface area (Å²) in [5.41, 5.74) is 0.919. The molecule has 2 aromatic rings. The highest BCUT2D eigenvalue weighted by Gasteiger charge is 2.00. The minimum Gasteiger partial charge on any atom is -0.306 e. The van der Waals surface area contributed by atoms with E-state index in [9.17, 15) is 4.39 Å². The number of hydrogen-bond acceptors (Lipinski definition) is 3. The number of aromatic nitrogens is 3. The maximum atomic E-state index is 12.9. The molecule has 1 aromatic heterocycles. The molecule has 2 rings (SSSR count). The van der Waals surface area contributed by atoms with Crippen molar-refractivity contribution in [1.82, 2.24) is 20.1 Å². The molecule has 0 radical (unpaired) electrons. The third kappa shape index (κ3) is 2.64. The van der Waals surface area contributed by atoms with Gasteiger partial charge in [-0.25, -0.2) is 9.37 Å². The molecule has 0 amide bonds. The molecule has 1 heterocycles. The van der Waals surface area contributed by atoms with Crippen LogP contribution in [0.15, 0.2) is 30.6 Å². The van der Waals surface area contributed by atoms with Gasteiger partial charge in [0.2, 0.25) is 0 Å². The van der Waals surface area contributed by atoms with Gasteiger partial charge in [0.1, 0.15) is 18.0 Å². The van der Waals surface area contributed by atoms with E-state index in [1.807, 2.05) is 13.1 Å². The predicted molar refractivity (Wildman–Crippen MR) is 57.9 cm³/mol. The summed E-state index contributed by atoms with van der Waals surface area (Å²) in [7, 11) is 1.84. The molecule has 0 unspecified atom stereocenters. The van der Waals surface area contributed by atoms with Crippen molar-refractivity contribution in [3.8, 4) is 0 Å². The van der Waals surface area contributed by atoms with Gasteiger partial charge in [0.15, 0.2) is 0 Å². The number of rotatable bonds is 4. The Kier molecular flexibility index (Phi) is 3.26. The van der Waals surface area contributed by atoms with E-state index in [1.54, 1.807) is 10.7 Å². The summed E-state index contributed by atoms with van der Waals surface area (Å²) in [6.07, 6.45) is 1.51. The van der Waals surface area contributed by atoms with Crippen LogP contribution in [-0.4, -0.2) is 14.8 Å². The van der Waals surface area contributed by atoms with Crippen LogP contribution in [0.25, 0.3) is 0 Å². The van der Waals surface area contributed by atoms with Crippen molar-refractivity contribution in [3.05, 3.63) is 47.8 Å². The summed E-state index contributed by atoms with van der Waals surface area (Å²) in [5, 5.41) is 7.14. The fourth-order valence-corrected chi connectivity index (χ4v) is 1.45. The molecule has 0 aliphatic rings. The first-order valence-electron chi connectivity index (χ1n) is 5.04. The second-order valence-corrected chi connectivity index (χ2v) is 3.53. The van der Waals surface area contributed by atoms with Crippen LogP contribution in [0.5, 0.6) is 0 Å². The van der Waals surface area contributed by atoms with Crippen molar-refractivity contribution in [2.24, 2.45) is 7.05 Å². The van der Waals surface area contributed by atoms with Crippen molar-refractivity contribution >= 4 is 0 Å². The van der Waals surface area contributed by atoms with Crippen LogP contribution in [0, 0.1) is 5.82 Å². The molecule has 0 aliphatic carbocycles. The number of aryl methyl sites for hydroxylation is 1. The van der Waals surface area contributed by atoms with Gasteiger partial charge in [0.05, 0.1) is 6.54 Å². The Morgan fingerprint density at radius 2 is 2.25 bits per heavy atom. The topological polar surface area (TPSA) is 42.7 Å². The molecule has 0 atom stereocenters. The van der Waals surface area contributed by atoms with Crippen LogP contribution in [0.3, 0.4) is 0 Å². The maximum Gasteiger partial charge on any atom is 0.140 e. The smallest absolute Gasteiger partial charge is 0.140 e. The maximum absolute atomic E-state index is 12.9. The van der Waals surface area contributed by atoms with Gasteiger partial charge in [0.25, 0.3) is 0 Å². The SMILES string of the molecule is Cn1ncnc1CNCc1cccc(F)c1. The van der Waals surface area contributed by atoms with Crippen LogP contribution in [0.4, 0.5) is 4.39 Å². The Morgan fingerprint density at radius 3 is 2.94 bits per heavy atom. The first-order valence-corrected chi connectivity index (χ1v) is 5.04. The van der Waals surface area contributed by atoms with E-state index in [0.717, 1.165) is 11.4 Å². The molecule has 0 fully saturated rings. The molecule has 1 N–H and O–H groups in total. The zero-order valence-electron chi connectivity index (χ0n) is 9.02. The van der Waals surface area contributed by atoms with Crippen LogP contribution in [0.2, 0.25) is 0 Å². The third-order valence-corrected chi connectivity index (χ3v) is 2.31. The second-order valence-electron chi connectivity index (χ2n) is 3.53. The van der Waals surface area contributed by atoms with Crippen LogP contribution in [-0.2, 0) is 20.1 Å². The first kappa shape index (κ1) is 10.8. The van der Waals surface area contributed by atoms with Gasteiger partial charge >= 0.3 is 0 Å². The molecule has 0 saturated heterocycles. The Bertz CT molecular complexity index is 467. The Labute approximate surface area is 93.1 Å². The van der Waals surface area contributed by atoms with Crippen LogP contribution in [0.1, 0.15) is 11.4 Å². The molecular weight excluding hydrogens is 207 g/mol. The van der Waals surface area contributed by atoms with Gasteiger partial charge in [-0.1, -0.05) is 12.1 Å². The predicted octanol–water partition coefficient (Wildman–Crippen LogP) is 1.24. The number of benzene rings is 1. The standard InChI is InChI=1S/C11H13FN4/c1-16-11(14-8-15-16)7-13-6-9-3-2-4-10(12)5-9/h2-5,8,13H,6-7H2,1H3. The van der Waals surface area contributed by atoms with Gasteiger partial charge in [-0.15, -0.1) is 0 Å². The van der Waals surface area contributed by atoms with Crippen molar-refractivity contribution in [3.63, 3.8) is 0 Å². The molecule has 0 spiro atoms. The normalized spacial score (nSPS) is 10.6. The van der Waals surface area contributed by atoms with Gasteiger partial charge in [-0.2, -0.15) is 5.10 Å². The molecule has 1 aromatic carbocycles. The van der Waals surface area contributed by atoms with E-state index in [1.165, 1.54) is 18.5 Å². The fourth-order valence-electron chi connectivity index (χ4n) is 1.45. The van der Waals surface area contributed by atoms with E-state index in [0.29, 0.717) is 13.1 Å². The fraction of sp³-hybridized carbons (Fsp3) is 0.273. The van der Waals surface area contributed by atoms with Gasteiger partial charge in [-0.3, -0.25) is 4.68 Å². The lowest BCUT2D eigenvalue weighted by Gasteiger charge is -2.04. The molecule has 4 nitrogen and oxygen atoms in total. The van der Waals surface area contributed by atoms with Gasteiger partial charge < -0.3 is 5.32 Å². The summed E-state index contributed by atoms with van der Waals surface area (Å²) in [5.74, 6) is 0.648. The largest absolute Gasteiger partial charge is 0.306 e. The lowest BCUT2D eigenvalue weighted by atomic mass is 10.2. The van der Waals surface area contributed by atoms with Gasteiger partial charge in [0, 0.05) is 13.6 Å². The number of nitrogens with one attached hydrogen (secondary N) is 1. The van der Waals surface area contributed by atoms with E-state index in [2.05, 4.69) is 15.4 Å². The lowest BCUT2D eigenvalue weighted by molar-refractivity contribution is 0.603. The molecule has 0 aliphatic heterocycles. The summed E-state index contributed by atoms with van der Waals surface area (Å²) < 4.78 is 14.6. The van der Waals surface area contributed by atoms with E-state index in [4.69, 9.17) is 0 Å². The number of halogens is 1. The molecule has 5 heteroatoms. The lowest BCUT2D eigenvalue weighted by Crippen LogP contribution is -2.16. The van der Waals surface area contributed by atoms with E-state index < -0.39 is 0 Å². The quantitative estimate of drug-likeness (QED) is 0.843. The third-order valence-electron chi connectivity index (χ3n) is 2.31. The summed E-state index contributed by atoms with van der Waals surface area (Å²) in [6, 6.07) is 6.54. The summed E-state index contributed by atoms with van der Waals surface area (Å²) in [6.45, 7) is 1.23. The number of nitrogens with zero attached hydrogens (tertiary/aromatic N) is 3. The van der Waals surface area contributed by atoms with Gasteiger partial charge in [-0.05, 0) is 17.7 Å². The highest BCUT2D eigenvalue weighted by atomic mass is 19.1. The zero-order chi connectivity index (χ0) is 11.4. The minimum absolute atomic E-state index is 0.210. The van der Waals surface area contributed by atoms with Crippen molar-refractivity contribution < 1.29 is 4.39 Å². The average molecular weight is 220 g/mol. The van der Waals surface area contributed by atoms with Crippen molar-refractivity contribution in [2.75, 3.05) is 0 Å². The molecular formula is C11H13FN4. The Hall–Kier alpha value is -1.75. The van der Waals surface area contributed by atoms with E-state index in [-0.39, 0.29) is 5.82 Å². The first-order chi connectivity index (χ1) is 7.75. The average Bonchev–Trinajstić information content (AvgIpc) is 2.65. The minimum atomic E-state index is -0.210. The zero-order valence-corrected chi connectivity index (χ0v) is 9.02. The van der Waals surface area contributed by atoms with Crippen molar-refractivity contribution in [1.29, 1.82) is 0 Å². The highest BCUT2D eigenvalue weighted by molar-refractivity contribution is 5.15. The summed E-state index contributed by atoms with van der Waals surface area (Å²) in [4.78, 5) is 4.08. The number of hydrogen-bond donors (Lipinski definition) is 1. The van der Waals surface area contributed by atoms with Crippen LogP contribution >= 0.6 is 0 Å². The van der Waals surface area contributed by atoms with Crippen molar-refractivity contribution in [2.45, 2.75) is 13.1 Å². The molecule has 16 heavy (non-hydrogen) atoms.